The summed E-state index contributed by atoms with van der Waals surface area (Å²) in [6, 6.07) is 0. The summed E-state index contributed by atoms with van der Waals surface area (Å²) >= 11 is 0. The molecule has 0 saturated heterocycles. The van der Waals surface area contributed by atoms with Crippen LogP contribution in [0.1, 0.15) is 72.6 Å². The second-order valence-corrected chi connectivity index (χ2v) is 10.7. The number of aliphatic hydroxyl groups is 3. The van der Waals surface area contributed by atoms with Gasteiger partial charge in [0.1, 0.15) is 17.4 Å². The molecule has 1 unspecified atom stereocenters. The highest BCUT2D eigenvalue weighted by molar-refractivity contribution is 5.86. The summed E-state index contributed by atoms with van der Waals surface area (Å²) in [6.07, 6.45) is 1.85. The molecule has 4 rings (SSSR count). The van der Waals surface area contributed by atoms with Gasteiger partial charge in [-0.05, 0) is 69.1 Å². The third-order valence-corrected chi connectivity index (χ3v) is 9.90. The van der Waals surface area contributed by atoms with Crippen LogP contribution in [0.3, 0.4) is 0 Å². The van der Waals surface area contributed by atoms with E-state index in [4.69, 9.17) is 0 Å². The van der Waals surface area contributed by atoms with Crippen LogP contribution in [-0.2, 0) is 4.79 Å². The lowest BCUT2D eigenvalue weighted by Gasteiger charge is -2.65. The van der Waals surface area contributed by atoms with Crippen LogP contribution in [0.4, 0.5) is 4.39 Å². The van der Waals surface area contributed by atoms with Crippen molar-refractivity contribution >= 4 is 5.78 Å². The predicted molar refractivity (Wildman–Crippen MR) is 99.7 cm³/mol. The Morgan fingerprint density at radius 2 is 1.67 bits per heavy atom. The molecule has 0 radical (unpaired) electrons. The van der Waals surface area contributed by atoms with Crippen molar-refractivity contribution in [3.05, 3.63) is 0 Å². The fraction of sp³-hybridized carbons (Fsp3) is 0.955. The number of fused-ring (bicyclic) bond motifs is 5. The van der Waals surface area contributed by atoms with Crippen LogP contribution in [0, 0.1) is 34.5 Å². The SMILES string of the molecule is CC(=O)[C@@]1(O)[C@H](C)C[C@H]2[C@@H]3C[C@@H](F)C4(O)C[C@@H](O)CC[C@]4(C)[C@H]3CC[C@@]21C. The Kier molecular flexibility index (Phi) is 4.22. The lowest BCUT2D eigenvalue weighted by atomic mass is 9.42. The van der Waals surface area contributed by atoms with Crippen molar-refractivity contribution in [1.29, 1.82) is 0 Å². The molecule has 0 aromatic carbocycles. The van der Waals surface area contributed by atoms with E-state index in [1.807, 2.05) is 20.8 Å². The van der Waals surface area contributed by atoms with E-state index in [0.29, 0.717) is 12.8 Å². The molecule has 4 aliphatic carbocycles. The topological polar surface area (TPSA) is 77.8 Å². The fourth-order valence-corrected chi connectivity index (χ4v) is 8.30. The van der Waals surface area contributed by atoms with E-state index in [9.17, 15) is 20.1 Å². The van der Waals surface area contributed by atoms with Gasteiger partial charge in [0, 0.05) is 17.3 Å². The van der Waals surface area contributed by atoms with E-state index in [2.05, 4.69) is 0 Å². The zero-order chi connectivity index (χ0) is 20.0. The molecule has 0 aromatic heterocycles. The van der Waals surface area contributed by atoms with E-state index >= 15 is 4.39 Å². The zero-order valence-corrected chi connectivity index (χ0v) is 17.0. The maximum absolute atomic E-state index is 15.4. The van der Waals surface area contributed by atoms with Crippen molar-refractivity contribution in [2.75, 3.05) is 0 Å². The van der Waals surface area contributed by atoms with Crippen molar-refractivity contribution < 1.29 is 24.5 Å². The average molecular weight is 383 g/mol. The molecule has 4 aliphatic rings. The number of carbonyl (C=O) groups excluding carboxylic acids is 1. The molecular weight excluding hydrogens is 347 g/mol. The van der Waals surface area contributed by atoms with Crippen LogP contribution in [0.25, 0.3) is 0 Å². The van der Waals surface area contributed by atoms with Gasteiger partial charge in [-0.2, -0.15) is 0 Å². The minimum Gasteiger partial charge on any atom is -0.393 e. The number of Topliss-reactive ketones (excluding diaryl/α,β-unsaturated/α-hetero) is 1. The van der Waals surface area contributed by atoms with Gasteiger partial charge in [-0.25, -0.2) is 4.39 Å². The minimum atomic E-state index is -1.47. The van der Waals surface area contributed by atoms with Crippen molar-refractivity contribution in [1.82, 2.24) is 0 Å². The first-order valence-corrected chi connectivity index (χ1v) is 10.7. The molecule has 0 amide bonds. The van der Waals surface area contributed by atoms with Gasteiger partial charge < -0.3 is 15.3 Å². The Morgan fingerprint density at radius 1 is 1.04 bits per heavy atom. The van der Waals surface area contributed by atoms with Gasteiger partial charge in [-0.1, -0.05) is 20.8 Å². The van der Waals surface area contributed by atoms with Crippen molar-refractivity contribution in [3.8, 4) is 0 Å². The maximum atomic E-state index is 15.4. The van der Waals surface area contributed by atoms with Gasteiger partial charge in [0.25, 0.3) is 0 Å². The Balaban J connectivity index is 1.74. The fourth-order valence-electron chi connectivity index (χ4n) is 8.30. The molecule has 5 heteroatoms. The van der Waals surface area contributed by atoms with E-state index in [1.165, 1.54) is 6.92 Å². The molecule has 27 heavy (non-hydrogen) atoms. The normalized spacial score (nSPS) is 60.3. The predicted octanol–water partition coefficient (Wildman–Crippen LogP) is 3.02. The zero-order valence-electron chi connectivity index (χ0n) is 17.0. The highest BCUT2D eigenvalue weighted by Gasteiger charge is 2.72. The van der Waals surface area contributed by atoms with Gasteiger partial charge >= 0.3 is 0 Å². The average Bonchev–Trinajstić information content (AvgIpc) is 2.80. The highest BCUT2D eigenvalue weighted by atomic mass is 19.1. The Morgan fingerprint density at radius 3 is 2.30 bits per heavy atom. The minimum absolute atomic E-state index is 0.0649. The van der Waals surface area contributed by atoms with Gasteiger partial charge in [0.05, 0.1) is 6.10 Å². The Bertz CT molecular complexity index is 654. The Labute approximate surface area is 161 Å². The quantitative estimate of drug-likeness (QED) is 0.651. The number of aliphatic hydroxyl groups excluding tert-OH is 1. The summed E-state index contributed by atoms with van der Waals surface area (Å²) in [5, 5.41) is 32.8. The first kappa shape index (κ1) is 19.8. The lowest BCUT2D eigenvalue weighted by Crippen LogP contribution is -2.68. The van der Waals surface area contributed by atoms with Gasteiger partial charge in [0.15, 0.2) is 5.78 Å². The number of hydrogen-bond acceptors (Lipinski definition) is 4. The third kappa shape index (κ3) is 2.17. The third-order valence-electron chi connectivity index (χ3n) is 9.90. The molecule has 0 bridgehead atoms. The molecule has 0 spiro atoms. The Hall–Kier alpha value is -0.520. The number of carbonyl (C=O) groups is 1. The summed E-state index contributed by atoms with van der Waals surface area (Å²) in [5.41, 5.74) is -3.90. The van der Waals surface area contributed by atoms with Gasteiger partial charge in [0.2, 0.25) is 0 Å². The molecule has 0 aromatic rings. The largest absolute Gasteiger partial charge is 0.393 e. The first-order chi connectivity index (χ1) is 12.4. The number of rotatable bonds is 1. The molecule has 4 saturated carbocycles. The second-order valence-electron chi connectivity index (χ2n) is 10.7. The summed E-state index contributed by atoms with van der Waals surface area (Å²) in [7, 11) is 0. The second kappa shape index (κ2) is 5.76. The van der Waals surface area contributed by atoms with Crippen LogP contribution in [-0.4, -0.2) is 44.6 Å². The molecule has 154 valence electrons. The van der Waals surface area contributed by atoms with Crippen LogP contribution in [0.5, 0.6) is 0 Å². The first-order valence-electron chi connectivity index (χ1n) is 10.7. The molecule has 0 heterocycles. The van der Waals surface area contributed by atoms with Gasteiger partial charge in [-0.3, -0.25) is 4.79 Å². The standard InChI is InChI=1S/C22H35FO4/c1-12-9-17-15-10-18(23)21(26)11-14(25)5-7-19(21,3)16(15)6-8-20(17,4)22(12,27)13(2)24/h12,14-18,25-27H,5-11H2,1-4H3/t12-,14+,15-,16+,17+,18-,19-,20+,21?,22+/m1/s1. The monoisotopic (exact) mass is 382 g/mol. The number of alkyl halides is 1. The van der Waals surface area contributed by atoms with Gasteiger partial charge in [-0.15, -0.1) is 0 Å². The molecule has 4 nitrogen and oxygen atoms in total. The number of ketones is 1. The van der Waals surface area contributed by atoms with E-state index in [1.54, 1.807) is 0 Å². The van der Waals surface area contributed by atoms with Crippen LogP contribution >= 0.6 is 0 Å². The van der Waals surface area contributed by atoms with Crippen molar-refractivity contribution in [3.63, 3.8) is 0 Å². The lowest BCUT2D eigenvalue weighted by molar-refractivity contribution is -0.253. The molecule has 0 aliphatic heterocycles. The summed E-state index contributed by atoms with van der Waals surface area (Å²) in [6.45, 7) is 7.47. The van der Waals surface area contributed by atoms with Crippen LogP contribution in [0.15, 0.2) is 0 Å². The number of hydrogen-bond donors (Lipinski definition) is 3. The summed E-state index contributed by atoms with van der Waals surface area (Å²) < 4.78 is 15.4. The molecule has 10 atom stereocenters. The smallest absolute Gasteiger partial charge is 0.162 e. The van der Waals surface area contributed by atoms with Crippen molar-refractivity contribution in [2.24, 2.45) is 34.5 Å². The van der Waals surface area contributed by atoms with E-state index in [-0.39, 0.29) is 42.3 Å². The van der Waals surface area contributed by atoms with E-state index in [0.717, 1.165) is 19.3 Å². The summed E-state index contributed by atoms with van der Waals surface area (Å²) in [4.78, 5) is 12.4. The maximum Gasteiger partial charge on any atom is 0.162 e. The molecule has 4 fully saturated rings. The van der Waals surface area contributed by atoms with E-state index < -0.39 is 34.3 Å². The summed E-state index contributed by atoms with van der Waals surface area (Å²) in [5.74, 6) is 0.0152. The van der Waals surface area contributed by atoms with Crippen molar-refractivity contribution in [2.45, 2.75) is 96.1 Å². The van der Waals surface area contributed by atoms with Crippen LogP contribution < -0.4 is 0 Å². The van der Waals surface area contributed by atoms with Crippen LogP contribution in [0.2, 0.25) is 0 Å². The highest BCUT2D eigenvalue weighted by Crippen LogP contribution is 2.70. The molecular formula is C22H35FO4. The molecule has 3 N–H and O–H groups in total. The number of halogens is 1.